The molecular formula is C13H24N2O3. The van der Waals surface area contributed by atoms with E-state index in [0.29, 0.717) is 6.54 Å². The van der Waals surface area contributed by atoms with E-state index in [-0.39, 0.29) is 24.2 Å². The summed E-state index contributed by atoms with van der Waals surface area (Å²) in [6.07, 6.45) is 2.20. The van der Waals surface area contributed by atoms with Gasteiger partial charge in [0.25, 0.3) is 0 Å². The smallest absolute Gasteiger partial charge is 0.249 e. The maximum Gasteiger partial charge on any atom is 0.249 e. The standard InChI is InChI=1S/C13H24N2O3/c1-10-8-15(9-11(2)18-10)6-5-14-13(16)12-4-3-7-17-12/h10-12H,3-9H2,1-2H3,(H,14,16)/t10-,11-,12-/m1/s1. The highest BCUT2D eigenvalue weighted by molar-refractivity contribution is 5.80. The van der Waals surface area contributed by atoms with Crippen LogP contribution in [0.3, 0.4) is 0 Å². The van der Waals surface area contributed by atoms with Crippen molar-refractivity contribution in [2.45, 2.75) is 45.0 Å². The third-order valence-electron chi connectivity index (χ3n) is 3.44. The van der Waals surface area contributed by atoms with Crippen LogP contribution in [0.25, 0.3) is 0 Å². The Bertz CT molecular complexity index is 269. The molecule has 0 aliphatic carbocycles. The average molecular weight is 256 g/mol. The van der Waals surface area contributed by atoms with Gasteiger partial charge in [0.2, 0.25) is 5.91 Å². The molecule has 104 valence electrons. The zero-order valence-corrected chi connectivity index (χ0v) is 11.4. The van der Waals surface area contributed by atoms with Crippen LogP contribution >= 0.6 is 0 Å². The van der Waals surface area contributed by atoms with Gasteiger partial charge in [-0.1, -0.05) is 0 Å². The summed E-state index contributed by atoms with van der Waals surface area (Å²) in [5.41, 5.74) is 0. The van der Waals surface area contributed by atoms with Gasteiger partial charge in [-0.3, -0.25) is 9.69 Å². The minimum Gasteiger partial charge on any atom is -0.373 e. The van der Waals surface area contributed by atoms with Crippen molar-refractivity contribution < 1.29 is 14.3 Å². The Labute approximate surface area is 109 Å². The van der Waals surface area contributed by atoms with E-state index in [0.717, 1.165) is 39.1 Å². The molecule has 0 unspecified atom stereocenters. The van der Waals surface area contributed by atoms with Crippen LogP contribution in [0, 0.1) is 0 Å². The number of carbonyl (C=O) groups is 1. The van der Waals surface area contributed by atoms with E-state index in [1.807, 2.05) is 0 Å². The van der Waals surface area contributed by atoms with Crippen LogP contribution in [0.2, 0.25) is 0 Å². The third kappa shape index (κ3) is 3.93. The molecule has 0 aromatic heterocycles. The number of nitrogens with one attached hydrogen (secondary N) is 1. The molecule has 0 radical (unpaired) electrons. The van der Waals surface area contributed by atoms with Crippen LogP contribution in [0.5, 0.6) is 0 Å². The summed E-state index contributed by atoms with van der Waals surface area (Å²) >= 11 is 0. The molecule has 2 saturated heterocycles. The minimum absolute atomic E-state index is 0.0434. The summed E-state index contributed by atoms with van der Waals surface area (Å²) in [5.74, 6) is 0.0434. The number of carbonyl (C=O) groups excluding carboxylic acids is 1. The number of rotatable bonds is 4. The Balaban J connectivity index is 1.63. The predicted octanol–water partition coefficient (Wildman–Crippen LogP) is 0.391. The molecule has 0 aromatic carbocycles. The lowest BCUT2D eigenvalue weighted by atomic mass is 10.2. The van der Waals surface area contributed by atoms with E-state index in [2.05, 4.69) is 24.1 Å². The van der Waals surface area contributed by atoms with Crippen LogP contribution in [-0.4, -0.2) is 61.9 Å². The molecule has 0 spiro atoms. The summed E-state index contributed by atoms with van der Waals surface area (Å²) in [6, 6.07) is 0. The second-order valence-corrected chi connectivity index (χ2v) is 5.31. The highest BCUT2D eigenvalue weighted by Crippen LogP contribution is 2.12. The van der Waals surface area contributed by atoms with E-state index < -0.39 is 0 Å². The molecule has 18 heavy (non-hydrogen) atoms. The molecule has 0 aromatic rings. The molecule has 3 atom stereocenters. The van der Waals surface area contributed by atoms with Gasteiger partial charge in [0, 0.05) is 32.8 Å². The zero-order chi connectivity index (χ0) is 13.0. The largest absolute Gasteiger partial charge is 0.373 e. The van der Waals surface area contributed by atoms with Gasteiger partial charge >= 0.3 is 0 Å². The van der Waals surface area contributed by atoms with Crippen LogP contribution < -0.4 is 5.32 Å². The first-order chi connectivity index (χ1) is 8.65. The number of hydrogen-bond acceptors (Lipinski definition) is 4. The normalized spacial score (nSPS) is 33.6. The summed E-state index contributed by atoms with van der Waals surface area (Å²) in [6.45, 7) is 8.37. The number of nitrogens with zero attached hydrogens (tertiary/aromatic N) is 1. The average Bonchev–Trinajstić information content (AvgIpc) is 2.80. The quantitative estimate of drug-likeness (QED) is 0.790. The molecule has 1 N–H and O–H groups in total. The summed E-state index contributed by atoms with van der Waals surface area (Å²) in [4.78, 5) is 14.1. The van der Waals surface area contributed by atoms with Gasteiger partial charge in [0.1, 0.15) is 6.10 Å². The molecule has 0 bridgehead atoms. The van der Waals surface area contributed by atoms with Crippen molar-refractivity contribution in [2.24, 2.45) is 0 Å². The Hall–Kier alpha value is -0.650. The second kappa shape index (κ2) is 6.50. The molecule has 2 aliphatic rings. The van der Waals surface area contributed by atoms with E-state index in [9.17, 15) is 4.79 Å². The first kappa shape index (κ1) is 13.8. The van der Waals surface area contributed by atoms with Crippen LogP contribution in [0.1, 0.15) is 26.7 Å². The Morgan fingerprint density at radius 3 is 2.67 bits per heavy atom. The van der Waals surface area contributed by atoms with Crippen LogP contribution in [0.15, 0.2) is 0 Å². The Morgan fingerprint density at radius 2 is 2.06 bits per heavy atom. The minimum atomic E-state index is -0.215. The maximum absolute atomic E-state index is 11.7. The molecule has 2 fully saturated rings. The lowest BCUT2D eigenvalue weighted by Gasteiger charge is -2.35. The van der Waals surface area contributed by atoms with Crippen molar-refractivity contribution in [3.8, 4) is 0 Å². The van der Waals surface area contributed by atoms with Crippen LogP contribution in [-0.2, 0) is 14.3 Å². The predicted molar refractivity (Wildman–Crippen MR) is 68.4 cm³/mol. The fourth-order valence-electron chi connectivity index (χ4n) is 2.70. The first-order valence-electron chi connectivity index (χ1n) is 6.92. The molecule has 2 rings (SSSR count). The van der Waals surface area contributed by atoms with Crippen molar-refractivity contribution in [3.05, 3.63) is 0 Å². The van der Waals surface area contributed by atoms with E-state index in [4.69, 9.17) is 9.47 Å². The van der Waals surface area contributed by atoms with Crippen molar-refractivity contribution in [3.63, 3.8) is 0 Å². The summed E-state index contributed by atoms with van der Waals surface area (Å²) in [7, 11) is 0. The zero-order valence-electron chi connectivity index (χ0n) is 11.4. The first-order valence-corrected chi connectivity index (χ1v) is 6.92. The van der Waals surface area contributed by atoms with E-state index >= 15 is 0 Å². The number of morpholine rings is 1. The second-order valence-electron chi connectivity index (χ2n) is 5.31. The Kier molecular flexibility index (Phi) is 4.97. The topological polar surface area (TPSA) is 50.8 Å². The van der Waals surface area contributed by atoms with Crippen molar-refractivity contribution in [2.75, 3.05) is 32.8 Å². The van der Waals surface area contributed by atoms with Gasteiger partial charge in [-0.25, -0.2) is 0 Å². The van der Waals surface area contributed by atoms with Gasteiger partial charge in [0.15, 0.2) is 0 Å². The number of hydrogen-bond donors (Lipinski definition) is 1. The van der Waals surface area contributed by atoms with Gasteiger partial charge in [-0.15, -0.1) is 0 Å². The fraction of sp³-hybridized carbons (Fsp3) is 0.923. The molecule has 1 amide bonds. The lowest BCUT2D eigenvalue weighted by molar-refractivity contribution is -0.130. The van der Waals surface area contributed by atoms with Crippen LogP contribution in [0.4, 0.5) is 0 Å². The lowest BCUT2D eigenvalue weighted by Crippen LogP contribution is -2.48. The number of ether oxygens (including phenoxy) is 2. The van der Waals surface area contributed by atoms with Crippen molar-refractivity contribution in [1.29, 1.82) is 0 Å². The summed E-state index contributed by atoms with van der Waals surface area (Å²) < 4.78 is 11.0. The monoisotopic (exact) mass is 256 g/mol. The molecule has 0 saturated carbocycles. The van der Waals surface area contributed by atoms with Gasteiger partial charge < -0.3 is 14.8 Å². The molecule has 2 heterocycles. The highest BCUT2D eigenvalue weighted by Gasteiger charge is 2.24. The third-order valence-corrected chi connectivity index (χ3v) is 3.44. The maximum atomic E-state index is 11.7. The van der Waals surface area contributed by atoms with Crippen molar-refractivity contribution in [1.82, 2.24) is 10.2 Å². The number of amides is 1. The summed E-state index contributed by atoms with van der Waals surface area (Å²) in [5, 5.41) is 2.96. The highest BCUT2D eigenvalue weighted by atomic mass is 16.5. The van der Waals surface area contributed by atoms with Gasteiger partial charge in [-0.2, -0.15) is 0 Å². The Morgan fingerprint density at radius 1 is 1.33 bits per heavy atom. The van der Waals surface area contributed by atoms with E-state index in [1.165, 1.54) is 0 Å². The fourth-order valence-corrected chi connectivity index (χ4v) is 2.70. The molecule has 5 heteroatoms. The van der Waals surface area contributed by atoms with Crippen molar-refractivity contribution >= 4 is 5.91 Å². The van der Waals surface area contributed by atoms with E-state index in [1.54, 1.807) is 0 Å². The molecular weight excluding hydrogens is 232 g/mol. The van der Waals surface area contributed by atoms with Gasteiger partial charge in [-0.05, 0) is 26.7 Å². The van der Waals surface area contributed by atoms with Gasteiger partial charge in [0.05, 0.1) is 12.2 Å². The SMILES string of the molecule is C[C@@H]1CN(CCNC(=O)[C@H]2CCCO2)C[C@@H](C)O1. The molecule has 2 aliphatic heterocycles. The molecule has 5 nitrogen and oxygen atoms in total.